The standard InChI is InChI=1S/C27H22N2O5/c1-18-13-15-20(16-14-18)28-26(31)24(19-8-3-2-4-9-19)34-27(32)21-10-5-6-11-22(21)29-25(30)23-12-7-17-33-23/h2-17,24H,1H3,(H,28,31)(H,29,30). The number of benzene rings is 3. The average molecular weight is 454 g/mol. The molecule has 34 heavy (non-hydrogen) atoms. The second-order valence-corrected chi connectivity index (χ2v) is 7.53. The van der Waals surface area contributed by atoms with Gasteiger partial charge in [0, 0.05) is 11.3 Å². The summed E-state index contributed by atoms with van der Waals surface area (Å²) in [6.45, 7) is 1.95. The molecule has 7 heteroatoms. The van der Waals surface area contributed by atoms with Gasteiger partial charge >= 0.3 is 5.97 Å². The number of carbonyl (C=O) groups excluding carboxylic acids is 3. The summed E-state index contributed by atoms with van der Waals surface area (Å²) in [6, 6.07) is 25.5. The van der Waals surface area contributed by atoms with E-state index < -0.39 is 23.9 Å². The van der Waals surface area contributed by atoms with E-state index in [0.29, 0.717) is 11.3 Å². The normalized spacial score (nSPS) is 11.3. The van der Waals surface area contributed by atoms with Crippen LogP contribution in [0.2, 0.25) is 0 Å². The van der Waals surface area contributed by atoms with Crippen molar-refractivity contribution in [2.45, 2.75) is 13.0 Å². The summed E-state index contributed by atoms with van der Waals surface area (Å²) < 4.78 is 10.8. The molecule has 4 rings (SSSR count). The van der Waals surface area contributed by atoms with Gasteiger partial charge in [0.25, 0.3) is 11.8 Å². The molecule has 1 heterocycles. The van der Waals surface area contributed by atoms with Crippen LogP contribution in [0.25, 0.3) is 0 Å². The third kappa shape index (κ3) is 5.39. The van der Waals surface area contributed by atoms with Crippen molar-refractivity contribution in [2.75, 3.05) is 10.6 Å². The topological polar surface area (TPSA) is 97.6 Å². The Balaban J connectivity index is 1.57. The zero-order valence-corrected chi connectivity index (χ0v) is 18.4. The lowest BCUT2D eigenvalue weighted by Crippen LogP contribution is -2.26. The second kappa shape index (κ2) is 10.3. The number of carbonyl (C=O) groups is 3. The van der Waals surface area contributed by atoms with Crippen LogP contribution in [0.3, 0.4) is 0 Å². The maximum atomic E-state index is 13.1. The molecule has 4 aromatic rings. The summed E-state index contributed by atoms with van der Waals surface area (Å²) in [7, 11) is 0. The van der Waals surface area contributed by atoms with Crippen molar-refractivity contribution in [3.8, 4) is 0 Å². The van der Waals surface area contributed by atoms with Crippen LogP contribution in [0, 0.1) is 6.92 Å². The largest absolute Gasteiger partial charge is 0.459 e. The number of ether oxygens (including phenoxy) is 1. The Morgan fingerprint density at radius 1 is 0.794 bits per heavy atom. The fourth-order valence-corrected chi connectivity index (χ4v) is 3.28. The highest BCUT2D eigenvalue weighted by atomic mass is 16.5. The number of rotatable bonds is 7. The number of furan rings is 1. The maximum absolute atomic E-state index is 13.1. The fourth-order valence-electron chi connectivity index (χ4n) is 3.28. The molecular formula is C27H22N2O5. The van der Waals surface area contributed by atoms with Crippen molar-refractivity contribution in [3.63, 3.8) is 0 Å². The molecule has 7 nitrogen and oxygen atoms in total. The minimum Gasteiger partial charge on any atom is -0.459 e. The quantitative estimate of drug-likeness (QED) is 0.366. The molecule has 2 amide bonds. The summed E-state index contributed by atoms with van der Waals surface area (Å²) in [5.41, 5.74) is 2.49. The van der Waals surface area contributed by atoms with Crippen LogP contribution >= 0.6 is 0 Å². The lowest BCUT2D eigenvalue weighted by atomic mass is 10.1. The Labute approximate surface area is 196 Å². The van der Waals surface area contributed by atoms with Gasteiger partial charge in [0.05, 0.1) is 17.5 Å². The molecule has 0 saturated heterocycles. The van der Waals surface area contributed by atoms with E-state index in [0.717, 1.165) is 5.56 Å². The van der Waals surface area contributed by atoms with E-state index in [9.17, 15) is 14.4 Å². The predicted molar refractivity (Wildman–Crippen MR) is 128 cm³/mol. The van der Waals surface area contributed by atoms with Gasteiger partial charge in [-0.15, -0.1) is 0 Å². The van der Waals surface area contributed by atoms with Crippen molar-refractivity contribution in [2.24, 2.45) is 0 Å². The number of anilines is 2. The Morgan fingerprint density at radius 3 is 2.21 bits per heavy atom. The monoisotopic (exact) mass is 454 g/mol. The molecule has 0 fully saturated rings. The molecule has 2 N–H and O–H groups in total. The van der Waals surface area contributed by atoms with E-state index in [1.54, 1.807) is 66.7 Å². The maximum Gasteiger partial charge on any atom is 0.341 e. The number of para-hydroxylation sites is 1. The highest BCUT2D eigenvalue weighted by Crippen LogP contribution is 2.25. The summed E-state index contributed by atoms with van der Waals surface area (Å²) in [5.74, 6) is -1.67. The van der Waals surface area contributed by atoms with Crippen molar-refractivity contribution in [3.05, 3.63) is 120 Å². The van der Waals surface area contributed by atoms with Gasteiger partial charge in [0.2, 0.25) is 6.10 Å². The first kappa shape index (κ1) is 22.5. The van der Waals surface area contributed by atoms with E-state index >= 15 is 0 Å². The number of amides is 2. The highest BCUT2D eigenvalue weighted by Gasteiger charge is 2.27. The zero-order valence-electron chi connectivity index (χ0n) is 18.4. The fraction of sp³-hybridized carbons (Fsp3) is 0.0741. The predicted octanol–water partition coefficient (Wildman–Crippen LogP) is 5.38. The van der Waals surface area contributed by atoms with Gasteiger partial charge in [-0.2, -0.15) is 0 Å². The van der Waals surface area contributed by atoms with Crippen molar-refractivity contribution < 1.29 is 23.5 Å². The van der Waals surface area contributed by atoms with Gasteiger partial charge in [0.15, 0.2) is 5.76 Å². The lowest BCUT2D eigenvalue weighted by Gasteiger charge is -2.19. The number of nitrogens with one attached hydrogen (secondary N) is 2. The van der Waals surface area contributed by atoms with Crippen LogP contribution in [0.4, 0.5) is 11.4 Å². The van der Waals surface area contributed by atoms with Crippen LogP contribution in [-0.4, -0.2) is 17.8 Å². The molecule has 0 aliphatic heterocycles. The Morgan fingerprint density at radius 2 is 1.50 bits per heavy atom. The third-order valence-corrected chi connectivity index (χ3v) is 5.02. The van der Waals surface area contributed by atoms with Crippen LogP contribution < -0.4 is 10.6 Å². The summed E-state index contributed by atoms with van der Waals surface area (Å²) >= 11 is 0. The molecule has 1 aromatic heterocycles. The number of hydrogen-bond acceptors (Lipinski definition) is 5. The second-order valence-electron chi connectivity index (χ2n) is 7.53. The van der Waals surface area contributed by atoms with Gasteiger partial charge in [-0.3, -0.25) is 9.59 Å². The van der Waals surface area contributed by atoms with Crippen LogP contribution in [-0.2, 0) is 9.53 Å². The first-order chi connectivity index (χ1) is 16.5. The number of hydrogen-bond donors (Lipinski definition) is 2. The van der Waals surface area contributed by atoms with E-state index in [2.05, 4.69) is 10.6 Å². The van der Waals surface area contributed by atoms with Crippen LogP contribution in [0.15, 0.2) is 102 Å². The molecule has 1 atom stereocenters. The zero-order chi connectivity index (χ0) is 23.9. The summed E-state index contributed by atoms with van der Waals surface area (Å²) in [6.07, 6.45) is 0.176. The molecule has 0 spiro atoms. The molecule has 0 aliphatic carbocycles. The minimum absolute atomic E-state index is 0.0998. The molecule has 1 unspecified atom stereocenters. The first-order valence-corrected chi connectivity index (χ1v) is 10.6. The Kier molecular flexibility index (Phi) is 6.84. The lowest BCUT2D eigenvalue weighted by molar-refractivity contribution is -0.125. The third-order valence-electron chi connectivity index (χ3n) is 5.02. The van der Waals surface area contributed by atoms with Crippen molar-refractivity contribution in [1.29, 1.82) is 0 Å². The Hall–Kier alpha value is -4.65. The molecule has 0 bridgehead atoms. The SMILES string of the molecule is Cc1ccc(NC(=O)C(OC(=O)c2ccccc2NC(=O)c2ccco2)c2ccccc2)cc1. The van der Waals surface area contributed by atoms with E-state index in [1.807, 2.05) is 19.1 Å². The summed E-state index contributed by atoms with van der Waals surface area (Å²) in [5, 5.41) is 5.44. The molecular weight excluding hydrogens is 432 g/mol. The van der Waals surface area contributed by atoms with Crippen LogP contribution in [0.1, 0.15) is 38.1 Å². The summed E-state index contributed by atoms with van der Waals surface area (Å²) in [4.78, 5) is 38.7. The van der Waals surface area contributed by atoms with Gasteiger partial charge in [-0.25, -0.2) is 4.79 Å². The van der Waals surface area contributed by atoms with E-state index in [-0.39, 0.29) is 17.0 Å². The highest BCUT2D eigenvalue weighted by molar-refractivity contribution is 6.07. The van der Waals surface area contributed by atoms with Gasteiger partial charge < -0.3 is 19.8 Å². The molecule has 0 saturated carbocycles. The van der Waals surface area contributed by atoms with Crippen LogP contribution in [0.5, 0.6) is 0 Å². The van der Waals surface area contributed by atoms with Gasteiger partial charge in [0.1, 0.15) is 0 Å². The molecule has 170 valence electrons. The Bertz CT molecular complexity index is 1280. The number of esters is 1. The van der Waals surface area contributed by atoms with Crippen molar-refractivity contribution in [1.82, 2.24) is 0 Å². The molecule has 0 radical (unpaired) electrons. The average Bonchev–Trinajstić information content (AvgIpc) is 3.40. The van der Waals surface area contributed by atoms with E-state index in [4.69, 9.17) is 9.15 Å². The minimum atomic E-state index is -1.20. The first-order valence-electron chi connectivity index (χ1n) is 10.6. The molecule has 0 aliphatic rings. The van der Waals surface area contributed by atoms with Gasteiger partial charge in [-0.05, 0) is 43.3 Å². The van der Waals surface area contributed by atoms with E-state index in [1.165, 1.54) is 18.4 Å². The van der Waals surface area contributed by atoms with Gasteiger partial charge in [-0.1, -0.05) is 60.2 Å². The van der Waals surface area contributed by atoms with Crippen molar-refractivity contribution >= 4 is 29.2 Å². The number of aryl methyl sites for hydroxylation is 1. The smallest absolute Gasteiger partial charge is 0.341 e. The molecule has 3 aromatic carbocycles.